The predicted molar refractivity (Wildman–Crippen MR) is 81.4 cm³/mol. The molecule has 1 aromatic carbocycles. The molecule has 0 heterocycles. The van der Waals surface area contributed by atoms with E-state index in [1.54, 1.807) is 6.92 Å². The molecule has 0 aliphatic carbocycles. The molecule has 0 bridgehead atoms. The first-order chi connectivity index (χ1) is 9.67. The number of aldehydes is 1. The maximum Gasteiger partial charge on any atom is 0.261 e. The molecule has 1 amide bonds. The van der Waals surface area contributed by atoms with Crippen molar-refractivity contribution >= 4 is 23.8 Å². The maximum absolute atomic E-state index is 12.0. The van der Waals surface area contributed by atoms with E-state index in [1.807, 2.05) is 20.8 Å². The van der Waals surface area contributed by atoms with Gasteiger partial charge in [-0.15, -0.1) is 0 Å². The monoisotopic (exact) mass is 313 g/mol. The molecule has 6 heteroatoms. The van der Waals surface area contributed by atoms with Crippen LogP contribution in [-0.2, 0) is 4.79 Å². The lowest BCUT2D eigenvalue weighted by Gasteiger charge is -2.24. The number of nitrogens with one attached hydrogen (secondary N) is 1. The first-order valence-corrected chi connectivity index (χ1v) is 6.87. The van der Waals surface area contributed by atoms with Crippen LogP contribution >= 0.6 is 11.6 Å². The highest BCUT2D eigenvalue weighted by atomic mass is 35.5. The summed E-state index contributed by atoms with van der Waals surface area (Å²) in [6, 6.07) is 2.99. The summed E-state index contributed by atoms with van der Waals surface area (Å²) < 4.78 is 10.7. The molecule has 116 valence electrons. The van der Waals surface area contributed by atoms with E-state index in [1.165, 1.54) is 19.2 Å². The minimum atomic E-state index is -0.780. The van der Waals surface area contributed by atoms with Gasteiger partial charge in [-0.05, 0) is 33.8 Å². The van der Waals surface area contributed by atoms with E-state index in [0.29, 0.717) is 17.1 Å². The molecule has 1 aromatic rings. The van der Waals surface area contributed by atoms with E-state index in [-0.39, 0.29) is 22.8 Å². The quantitative estimate of drug-likeness (QED) is 0.849. The largest absolute Gasteiger partial charge is 0.493 e. The van der Waals surface area contributed by atoms with Crippen LogP contribution in [0.2, 0.25) is 5.02 Å². The average Bonchev–Trinajstić information content (AvgIpc) is 2.37. The zero-order valence-electron chi connectivity index (χ0n) is 12.8. The second kappa shape index (κ2) is 6.80. The van der Waals surface area contributed by atoms with E-state index in [9.17, 15) is 9.59 Å². The lowest BCUT2D eigenvalue weighted by molar-refractivity contribution is -0.128. The third kappa shape index (κ3) is 4.93. The highest BCUT2D eigenvalue weighted by Gasteiger charge is 2.23. The molecule has 0 radical (unpaired) electrons. The summed E-state index contributed by atoms with van der Waals surface area (Å²) in [5.74, 6) is 0.227. The summed E-state index contributed by atoms with van der Waals surface area (Å²) in [6.07, 6.45) is -0.170. The number of hydrogen-bond acceptors (Lipinski definition) is 4. The van der Waals surface area contributed by atoms with Crippen molar-refractivity contribution in [2.75, 3.05) is 7.11 Å². The topological polar surface area (TPSA) is 64.6 Å². The minimum absolute atomic E-state index is 0.202. The molecule has 1 atom stereocenters. The van der Waals surface area contributed by atoms with Gasteiger partial charge in [0.15, 0.2) is 23.9 Å². The molecule has 5 nitrogen and oxygen atoms in total. The number of hydrogen-bond donors (Lipinski definition) is 1. The highest BCUT2D eigenvalue weighted by molar-refractivity contribution is 6.31. The van der Waals surface area contributed by atoms with Crippen molar-refractivity contribution in [3.8, 4) is 11.5 Å². The Labute approximate surface area is 129 Å². The van der Waals surface area contributed by atoms with Crippen LogP contribution in [0.5, 0.6) is 11.5 Å². The van der Waals surface area contributed by atoms with Crippen LogP contribution in [0.1, 0.15) is 38.1 Å². The molecule has 21 heavy (non-hydrogen) atoms. The third-order valence-corrected chi connectivity index (χ3v) is 2.78. The summed E-state index contributed by atoms with van der Waals surface area (Å²) >= 11 is 5.89. The van der Waals surface area contributed by atoms with Crippen LogP contribution in [0.4, 0.5) is 0 Å². The van der Waals surface area contributed by atoms with Gasteiger partial charge in [0.1, 0.15) is 0 Å². The fraction of sp³-hybridized carbons (Fsp3) is 0.467. The zero-order chi connectivity index (χ0) is 16.2. The molecule has 0 aliphatic rings. The van der Waals surface area contributed by atoms with Gasteiger partial charge in [-0.2, -0.15) is 0 Å². The number of methoxy groups -OCH3 is 1. The molecule has 0 spiro atoms. The van der Waals surface area contributed by atoms with E-state index in [0.717, 1.165) is 0 Å². The van der Waals surface area contributed by atoms with E-state index in [2.05, 4.69) is 5.32 Å². The van der Waals surface area contributed by atoms with Crippen LogP contribution in [0.25, 0.3) is 0 Å². The molecule has 1 unspecified atom stereocenters. The summed E-state index contributed by atoms with van der Waals surface area (Å²) in [6.45, 7) is 7.22. The van der Waals surface area contributed by atoms with Gasteiger partial charge in [-0.1, -0.05) is 11.6 Å². The predicted octanol–water partition coefficient (Wildman–Crippen LogP) is 2.84. The zero-order valence-corrected chi connectivity index (χ0v) is 13.6. The maximum atomic E-state index is 12.0. The minimum Gasteiger partial charge on any atom is -0.493 e. The van der Waals surface area contributed by atoms with E-state index in [4.69, 9.17) is 21.1 Å². The first-order valence-electron chi connectivity index (χ1n) is 6.49. The van der Waals surface area contributed by atoms with Crippen molar-refractivity contribution in [1.82, 2.24) is 5.32 Å². The molecule has 0 aromatic heterocycles. The Bertz CT molecular complexity index is 537. The standard InChI is InChI=1S/C15H20ClNO4/c1-9(14(19)17-15(2,3)4)21-13-10(8-18)6-11(16)7-12(13)20-5/h6-9H,1-5H3,(H,17,19). The van der Waals surface area contributed by atoms with Gasteiger partial charge in [0.2, 0.25) is 0 Å². The lowest BCUT2D eigenvalue weighted by Crippen LogP contribution is -2.46. The van der Waals surface area contributed by atoms with Crippen LogP contribution in [0.15, 0.2) is 12.1 Å². The Balaban J connectivity index is 3.01. The molecule has 0 saturated heterocycles. The molecule has 1 N–H and O–H groups in total. The fourth-order valence-electron chi connectivity index (χ4n) is 1.66. The smallest absolute Gasteiger partial charge is 0.261 e. The normalized spacial score (nSPS) is 12.5. The Hall–Kier alpha value is -1.75. The summed E-state index contributed by atoms with van der Waals surface area (Å²) in [5.41, 5.74) is -0.138. The van der Waals surface area contributed by atoms with Gasteiger partial charge < -0.3 is 14.8 Å². The molecular formula is C15H20ClNO4. The summed E-state index contributed by atoms with van der Waals surface area (Å²) in [5, 5.41) is 3.16. The molecular weight excluding hydrogens is 294 g/mol. The highest BCUT2D eigenvalue weighted by Crippen LogP contribution is 2.34. The second-order valence-corrected chi connectivity index (χ2v) is 6.08. The van der Waals surface area contributed by atoms with Crippen molar-refractivity contribution < 1.29 is 19.1 Å². The number of carbonyl (C=O) groups excluding carboxylic acids is 2. The van der Waals surface area contributed by atoms with E-state index < -0.39 is 6.10 Å². The lowest BCUT2D eigenvalue weighted by atomic mass is 10.1. The first kappa shape index (κ1) is 17.3. The number of amides is 1. The number of halogens is 1. The third-order valence-electron chi connectivity index (χ3n) is 2.56. The molecule has 1 rings (SSSR count). The number of benzene rings is 1. The second-order valence-electron chi connectivity index (χ2n) is 5.64. The summed E-state index contributed by atoms with van der Waals surface area (Å²) in [7, 11) is 1.44. The Morgan fingerprint density at radius 2 is 2.00 bits per heavy atom. The van der Waals surface area contributed by atoms with Gasteiger partial charge >= 0.3 is 0 Å². The van der Waals surface area contributed by atoms with Gasteiger partial charge in [0.25, 0.3) is 5.91 Å². The Morgan fingerprint density at radius 3 is 2.48 bits per heavy atom. The number of ether oxygens (including phenoxy) is 2. The van der Waals surface area contributed by atoms with Crippen LogP contribution in [0, 0.1) is 0 Å². The Morgan fingerprint density at radius 1 is 1.38 bits per heavy atom. The van der Waals surface area contributed by atoms with Crippen molar-refractivity contribution in [3.05, 3.63) is 22.7 Å². The van der Waals surface area contributed by atoms with E-state index >= 15 is 0 Å². The van der Waals surface area contributed by atoms with Crippen LogP contribution in [0.3, 0.4) is 0 Å². The van der Waals surface area contributed by atoms with Gasteiger partial charge in [0.05, 0.1) is 12.7 Å². The van der Waals surface area contributed by atoms with Gasteiger partial charge in [0, 0.05) is 16.6 Å². The van der Waals surface area contributed by atoms with Crippen molar-refractivity contribution in [2.24, 2.45) is 0 Å². The van der Waals surface area contributed by atoms with Crippen molar-refractivity contribution in [3.63, 3.8) is 0 Å². The number of carbonyl (C=O) groups is 2. The SMILES string of the molecule is COc1cc(Cl)cc(C=O)c1OC(C)C(=O)NC(C)(C)C. The molecule has 0 fully saturated rings. The van der Waals surface area contributed by atoms with Crippen LogP contribution in [-0.4, -0.2) is 30.9 Å². The number of rotatable bonds is 5. The van der Waals surface area contributed by atoms with Gasteiger partial charge in [-0.3, -0.25) is 9.59 Å². The molecule has 0 aliphatic heterocycles. The molecule has 0 saturated carbocycles. The van der Waals surface area contributed by atoms with Crippen LogP contribution < -0.4 is 14.8 Å². The van der Waals surface area contributed by atoms with Crippen molar-refractivity contribution in [2.45, 2.75) is 39.3 Å². The van der Waals surface area contributed by atoms with Crippen molar-refractivity contribution in [1.29, 1.82) is 0 Å². The fourth-order valence-corrected chi connectivity index (χ4v) is 1.87. The summed E-state index contributed by atoms with van der Waals surface area (Å²) in [4.78, 5) is 23.2. The van der Waals surface area contributed by atoms with Gasteiger partial charge in [-0.25, -0.2) is 0 Å². The average molecular weight is 314 g/mol. The Kier molecular flexibility index (Phi) is 5.61.